The molecule has 3 heterocycles. The van der Waals surface area contributed by atoms with Gasteiger partial charge in [0.15, 0.2) is 12.6 Å². The van der Waals surface area contributed by atoms with Crippen LogP contribution in [-0.4, -0.2) is 138 Å². The van der Waals surface area contributed by atoms with Gasteiger partial charge in [-0.2, -0.15) is 0 Å². The molecule has 13 heteroatoms. The van der Waals surface area contributed by atoms with Crippen LogP contribution >= 0.6 is 0 Å². The van der Waals surface area contributed by atoms with E-state index in [2.05, 4.69) is 34.6 Å². The zero-order valence-electron chi connectivity index (χ0n) is 33.4. The maximum absolute atomic E-state index is 12.2. The standard InChI is InChI=1S/C41H68O13/c1-19-26(44)28(46)30(48)34(51-19)52-22-15-23-38(7)16-20(42)31(39(8)11-9-25(54-39)36(4,5)49)37(38,6)13-14-40(23)18-41(40)12-10-24(35(2,3)32(22)41)53-33-29(47)27(45)21(43)17-50-33/h19-34,42-49H,9-18H2,1-8H3/t19-,20+,21-,22+,23-,24-,25+,26-,27+,28+,29-,30+,31+,32-,33+,34-,37-,38+,39+,40+,41-/m1/s1. The second kappa shape index (κ2) is 12.7. The Morgan fingerprint density at radius 2 is 1.37 bits per heavy atom. The van der Waals surface area contributed by atoms with Crippen molar-refractivity contribution in [1.29, 1.82) is 0 Å². The molecule has 5 saturated carbocycles. The maximum Gasteiger partial charge on any atom is 0.186 e. The molecule has 0 bridgehead atoms. The Bertz CT molecular complexity index is 1440. The fourth-order valence-corrected chi connectivity index (χ4v) is 14.8. The van der Waals surface area contributed by atoms with Crippen LogP contribution in [0.3, 0.4) is 0 Å². The maximum atomic E-state index is 12.2. The van der Waals surface area contributed by atoms with Crippen molar-refractivity contribution in [1.82, 2.24) is 0 Å². The van der Waals surface area contributed by atoms with Crippen molar-refractivity contribution in [3.05, 3.63) is 0 Å². The molecule has 0 radical (unpaired) electrons. The lowest BCUT2D eigenvalue weighted by Crippen LogP contribution is -2.65. The van der Waals surface area contributed by atoms with E-state index in [4.69, 9.17) is 23.7 Å². The van der Waals surface area contributed by atoms with Crippen LogP contribution in [0.1, 0.15) is 113 Å². The van der Waals surface area contributed by atoms with Gasteiger partial charge in [0.25, 0.3) is 0 Å². The normalized spacial score (nSPS) is 59.6. The van der Waals surface area contributed by atoms with E-state index in [0.29, 0.717) is 19.3 Å². The van der Waals surface area contributed by atoms with Crippen molar-refractivity contribution in [3.63, 3.8) is 0 Å². The third kappa shape index (κ3) is 5.43. The van der Waals surface area contributed by atoms with Crippen LogP contribution in [0.15, 0.2) is 0 Å². The van der Waals surface area contributed by atoms with Gasteiger partial charge in [-0.3, -0.25) is 0 Å². The third-order valence-corrected chi connectivity index (χ3v) is 17.6. The summed E-state index contributed by atoms with van der Waals surface area (Å²) in [6.45, 7) is 16.3. The van der Waals surface area contributed by atoms with E-state index in [1.54, 1.807) is 20.8 Å². The molecule has 8 N–H and O–H groups in total. The van der Waals surface area contributed by atoms with Gasteiger partial charge in [0.05, 0.1) is 48.3 Å². The summed E-state index contributed by atoms with van der Waals surface area (Å²) in [6.07, 6.45) is -5.87. The van der Waals surface area contributed by atoms with Crippen LogP contribution in [0.2, 0.25) is 0 Å². The summed E-state index contributed by atoms with van der Waals surface area (Å²) < 4.78 is 32.1. The fraction of sp³-hybridized carbons (Fsp3) is 1.00. The second-order valence-electron chi connectivity index (χ2n) is 21.0. The number of rotatable bonds is 6. The fourth-order valence-electron chi connectivity index (χ4n) is 14.8. The van der Waals surface area contributed by atoms with E-state index < -0.39 is 90.2 Å². The Labute approximate surface area is 319 Å². The van der Waals surface area contributed by atoms with Gasteiger partial charge in [-0.15, -0.1) is 0 Å². The van der Waals surface area contributed by atoms with Crippen molar-refractivity contribution < 1.29 is 64.5 Å². The zero-order valence-corrected chi connectivity index (χ0v) is 33.4. The summed E-state index contributed by atoms with van der Waals surface area (Å²) in [6, 6.07) is 0. The Kier molecular flexibility index (Phi) is 9.50. The number of aliphatic hydroxyl groups is 8. The first-order valence-electron chi connectivity index (χ1n) is 20.7. The quantitative estimate of drug-likeness (QED) is 0.182. The summed E-state index contributed by atoms with van der Waals surface area (Å²) in [7, 11) is 0. The molecule has 21 atom stereocenters. The highest BCUT2D eigenvalue weighted by Gasteiger charge is 2.85. The Morgan fingerprint density at radius 1 is 0.685 bits per heavy atom. The third-order valence-electron chi connectivity index (χ3n) is 17.6. The number of hydrogen-bond donors (Lipinski definition) is 8. The minimum Gasteiger partial charge on any atom is -0.393 e. The topological polar surface area (TPSA) is 208 Å². The van der Waals surface area contributed by atoms with Gasteiger partial charge in [0.1, 0.15) is 36.6 Å². The molecule has 5 aliphatic carbocycles. The first-order valence-corrected chi connectivity index (χ1v) is 20.7. The molecule has 0 aromatic rings. The molecule has 0 aromatic carbocycles. The van der Waals surface area contributed by atoms with Gasteiger partial charge in [0, 0.05) is 5.92 Å². The molecule has 310 valence electrons. The number of ether oxygens (including phenoxy) is 5. The van der Waals surface area contributed by atoms with Crippen LogP contribution < -0.4 is 0 Å². The predicted molar refractivity (Wildman–Crippen MR) is 192 cm³/mol. The molecule has 54 heavy (non-hydrogen) atoms. The van der Waals surface area contributed by atoms with E-state index in [-0.39, 0.29) is 52.1 Å². The molecule has 8 aliphatic rings. The summed E-state index contributed by atoms with van der Waals surface area (Å²) in [4.78, 5) is 0. The van der Waals surface area contributed by atoms with E-state index in [1.807, 2.05) is 0 Å². The van der Waals surface area contributed by atoms with Gasteiger partial charge in [-0.25, -0.2) is 0 Å². The van der Waals surface area contributed by atoms with Crippen molar-refractivity contribution in [3.8, 4) is 0 Å². The molecule has 3 aliphatic heterocycles. The van der Waals surface area contributed by atoms with Crippen LogP contribution in [0, 0.1) is 44.8 Å². The second-order valence-corrected chi connectivity index (χ2v) is 21.0. The van der Waals surface area contributed by atoms with Crippen molar-refractivity contribution in [2.45, 2.75) is 204 Å². The molecule has 3 saturated heterocycles. The Balaban J connectivity index is 1.15. The zero-order chi connectivity index (χ0) is 39.3. The van der Waals surface area contributed by atoms with Crippen molar-refractivity contribution in [2.24, 2.45) is 44.8 Å². The van der Waals surface area contributed by atoms with E-state index in [1.165, 1.54) is 0 Å². The van der Waals surface area contributed by atoms with Gasteiger partial charge >= 0.3 is 0 Å². The molecule has 0 amide bonds. The van der Waals surface area contributed by atoms with Crippen LogP contribution in [0.4, 0.5) is 0 Å². The summed E-state index contributed by atoms with van der Waals surface area (Å²) in [5.41, 5.74) is -2.90. The van der Waals surface area contributed by atoms with Crippen molar-refractivity contribution in [2.75, 3.05) is 6.61 Å². The van der Waals surface area contributed by atoms with Gasteiger partial charge in [0.2, 0.25) is 0 Å². The molecular weight excluding hydrogens is 700 g/mol. The molecule has 0 unspecified atom stereocenters. The minimum atomic E-state index is -1.47. The van der Waals surface area contributed by atoms with Crippen molar-refractivity contribution >= 4 is 0 Å². The lowest BCUT2D eigenvalue weighted by atomic mass is 9.41. The van der Waals surface area contributed by atoms with Crippen LogP contribution in [0.5, 0.6) is 0 Å². The molecule has 13 nitrogen and oxygen atoms in total. The van der Waals surface area contributed by atoms with E-state index in [9.17, 15) is 40.9 Å². The van der Waals surface area contributed by atoms with Crippen LogP contribution in [-0.2, 0) is 23.7 Å². The molecule has 8 rings (SSSR count). The minimum absolute atomic E-state index is 0.0219. The largest absolute Gasteiger partial charge is 0.393 e. The monoisotopic (exact) mass is 768 g/mol. The first kappa shape index (κ1) is 40.3. The summed E-state index contributed by atoms with van der Waals surface area (Å²) in [5, 5.41) is 87.1. The number of hydrogen-bond acceptors (Lipinski definition) is 13. The van der Waals surface area contributed by atoms with Gasteiger partial charge in [-0.1, -0.05) is 27.7 Å². The van der Waals surface area contributed by atoms with Gasteiger partial charge in [-0.05, 0) is 124 Å². The smallest absolute Gasteiger partial charge is 0.186 e. The highest BCUT2D eigenvalue weighted by atomic mass is 16.7. The average molecular weight is 769 g/mol. The molecular formula is C41H68O13. The highest BCUT2D eigenvalue weighted by Crippen LogP contribution is 2.89. The highest BCUT2D eigenvalue weighted by molar-refractivity contribution is 5.33. The molecule has 8 fully saturated rings. The SMILES string of the molecule is C[C@H]1O[C@H](O[C@H]2C[C@H]3[C@]4(CC[C@]5(C)[C@@H]([C@]6(C)CC[C@@H](C(C)(C)O)O6)[C@@H](O)C[C@@]35C)C[C@@]43CC[C@@H](O[C@@H]4OC[C@@H](O)[C@H](O)[C@H]4O)C(C)(C)[C@@H]23)[C@@H](O)[C@@H](O)[C@@H]1O. The molecule has 2 spiro atoms. The number of fused-ring (bicyclic) bond motifs is 2. The average Bonchev–Trinajstić information content (AvgIpc) is 3.45. The Morgan fingerprint density at radius 3 is 2.04 bits per heavy atom. The van der Waals surface area contributed by atoms with Crippen LogP contribution in [0.25, 0.3) is 0 Å². The Hall–Kier alpha value is -0.520. The van der Waals surface area contributed by atoms with E-state index >= 15 is 0 Å². The van der Waals surface area contributed by atoms with Gasteiger partial charge < -0.3 is 64.5 Å². The summed E-state index contributed by atoms with van der Waals surface area (Å²) >= 11 is 0. The lowest BCUT2D eigenvalue weighted by molar-refractivity contribution is -0.335. The molecule has 0 aromatic heterocycles. The predicted octanol–water partition coefficient (Wildman–Crippen LogP) is 1.75. The summed E-state index contributed by atoms with van der Waals surface area (Å²) in [5.74, 6) is -0.0738. The lowest BCUT2D eigenvalue weighted by Gasteiger charge is -2.65. The first-order chi connectivity index (χ1) is 25.0. The van der Waals surface area contributed by atoms with E-state index in [0.717, 1.165) is 38.5 Å². The number of aliphatic hydroxyl groups excluding tert-OH is 7.